The maximum atomic E-state index is 12.7. The molecule has 0 aliphatic carbocycles. The van der Waals surface area contributed by atoms with Crippen molar-refractivity contribution in [3.05, 3.63) is 59.2 Å². The van der Waals surface area contributed by atoms with E-state index in [9.17, 15) is 31.2 Å². The van der Waals surface area contributed by atoms with E-state index in [4.69, 9.17) is 0 Å². The van der Waals surface area contributed by atoms with E-state index in [2.05, 4.69) is 10.1 Å². The van der Waals surface area contributed by atoms with Gasteiger partial charge in [0.25, 0.3) is 0 Å². The number of anilines is 2. The monoisotopic (exact) mass is 444 g/mol. The highest BCUT2D eigenvalue weighted by atomic mass is 32.2. The predicted octanol–water partition coefficient (Wildman–Crippen LogP) is 3.21. The van der Waals surface area contributed by atoms with E-state index in [1.54, 1.807) is 6.92 Å². The molecule has 0 unspecified atom stereocenters. The molecule has 0 heterocycles. The van der Waals surface area contributed by atoms with Gasteiger partial charge in [-0.3, -0.25) is 9.10 Å². The molecule has 1 N–H and O–H groups in total. The minimum Gasteiger partial charge on any atom is -0.465 e. The first-order valence-corrected chi connectivity index (χ1v) is 10.3. The average molecular weight is 444 g/mol. The molecule has 1 amide bonds. The number of esters is 1. The van der Waals surface area contributed by atoms with Crippen LogP contribution in [0.4, 0.5) is 24.5 Å². The molecule has 0 saturated carbocycles. The zero-order chi connectivity index (χ0) is 22.7. The Morgan fingerprint density at radius 3 is 2.20 bits per heavy atom. The van der Waals surface area contributed by atoms with Crippen molar-refractivity contribution in [2.24, 2.45) is 0 Å². The first-order valence-electron chi connectivity index (χ1n) is 8.47. The van der Waals surface area contributed by atoms with Crippen LogP contribution in [0, 0.1) is 6.92 Å². The Balaban J connectivity index is 2.27. The molecule has 2 rings (SSSR count). The minimum atomic E-state index is -4.58. The van der Waals surface area contributed by atoms with Gasteiger partial charge in [-0.1, -0.05) is 6.07 Å². The van der Waals surface area contributed by atoms with Gasteiger partial charge in [-0.15, -0.1) is 0 Å². The smallest absolute Gasteiger partial charge is 0.416 e. The van der Waals surface area contributed by atoms with Gasteiger partial charge in [0.1, 0.15) is 6.54 Å². The first-order chi connectivity index (χ1) is 13.8. The number of halogens is 3. The number of carbonyl (C=O) groups excluding carboxylic acids is 2. The highest BCUT2D eigenvalue weighted by molar-refractivity contribution is 7.92. The summed E-state index contributed by atoms with van der Waals surface area (Å²) in [6.07, 6.45) is -3.74. The summed E-state index contributed by atoms with van der Waals surface area (Å²) < 4.78 is 67.8. The normalized spacial score (nSPS) is 11.7. The van der Waals surface area contributed by atoms with Crippen molar-refractivity contribution in [2.75, 3.05) is 29.5 Å². The molecule has 0 bridgehead atoms. The molecule has 0 atom stereocenters. The molecule has 0 aliphatic rings. The summed E-state index contributed by atoms with van der Waals surface area (Å²) in [5, 5.41) is 2.50. The highest BCUT2D eigenvalue weighted by Crippen LogP contribution is 2.31. The van der Waals surface area contributed by atoms with Crippen LogP contribution in [-0.2, 0) is 25.7 Å². The number of nitrogens with zero attached hydrogens (tertiary/aromatic N) is 1. The molecule has 7 nitrogen and oxygen atoms in total. The van der Waals surface area contributed by atoms with Gasteiger partial charge in [-0.25, -0.2) is 13.2 Å². The number of methoxy groups -OCH3 is 1. The van der Waals surface area contributed by atoms with Gasteiger partial charge in [0.05, 0.1) is 30.2 Å². The van der Waals surface area contributed by atoms with Crippen molar-refractivity contribution < 1.29 is 35.9 Å². The lowest BCUT2D eigenvalue weighted by molar-refractivity contribution is -0.137. The predicted molar refractivity (Wildman–Crippen MR) is 105 cm³/mol. The molecule has 0 aromatic heterocycles. The summed E-state index contributed by atoms with van der Waals surface area (Å²) in [6, 6.07) is 7.94. The van der Waals surface area contributed by atoms with Gasteiger partial charge in [0.2, 0.25) is 15.9 Å². The van der Waals surface area contributed by atoms with E-state index in [0.29, 0.717) is 9.87 Å². The first kappa shape index (κ1) is 23.2. The minimum absolute atomic E-state index is 0.0966. The Morgan fingerprint density at radius 1 is 1.10 bits per heavy atom. The largest absolute Gasteiger partial charge is 0.465 e. The van der Waals surface area contributed by atoms with Crippen molar-refractivity contribution >= 4 is 33.3 Å². The lowest BCUT2D eigenvalue weighted by Gasteiger charge is -2.22. The number of hydrogen-bond acceptors (Lipinski definition) is 5. The van der Waals surface area contributed by atoms with E-state index >= 15 is 0 Å². The van der Waals surface area contributed by atoms with Crippen LogP contribution >= 0.6 is 0 Å². The third-order valence-corrected chi connectivity index (χ3v) is 5.32. The number of hydrogen-bond donors (Lipinski definition) is 1. The molecule has 2 aromatic rings. The number of alkyl halides is 3. The Morgan fingerprint density at radius 2 is 1.70 bits per heavy atom. The fourth-order valence-electron chi connectivity index (χ4n) is 2.64. The van der Waals surface area contributed by atoms with E-state index in [1.165, 1.54) is 25.3 Å². The molecule has 0 radical (unpaired) electrons. The number of amides is 1. The standard InChI is InChI=1S/C19H19F3N2O5S/c1-12-15(18(26)29-2)5-4-6-16(12)23-17(25)11-24(30(3,27)28)14-9-7-13(8-10-14)19(20,21)22/h4-10H,11H2,1-3H3,(H,23,25). The fourth-order valence-corrected chi connectivity index (χ4v) is 3.50. The summed E-state index contributed by atoms with van der Waals surface area (Å²) in [6.45, 7) is 0.901. The third-order valence-electron chi connectivity index (χ3n) is 4.18. The number of nitrogens with one attached hydrogen (secondary N) is 1. The van der Waals surface area contributed by atoms with Gasteiger partial charge < -0.3 is 10.1 Å². The maximum Gasteiger partial charge on any atom is 0.416 e. The van der Waals surface area contributed by atoms with E-state index in [-0.39, 0.29) is 16.9 Å². The third kappa shape index (κ3) is 5.50. The Hall–Kier alpha value is -3.08. The van der Waals surface area contributed by atoms with Gasteiger partial charge >= 0.3 is 12.1 Å². The van der Waals surface area contributed by atoms with Crippen LogP contribution in [0.3, 0.4) is 0 Å². The van der Waals surface area contributed by atoms with Crippen LogP contribution in [0.2, 0.25) is 0 Å². The molecule has 162 valence electrons. The van der Waals surface area contributed by atoms with Gasteiger partial charge in [0, 0.05) is 5.69 Å². The van der Waals surface area contributed by atoms with E-state index in [0.717, 1.165) is 30.5 Å². The summed E-state index contributed by atoms with van der Waals surface area (Å²) >= 11 is 0. The van der Waals surface area contributed by atoms with Crippen LogP contribution in [0.5, 0.6) is 0 Å². The molecule has 30 heavy (non-hydrogen) atoms. The fraction of sp³-hybridized carbons (Fsp3) is 0.263. The van der Waals surface area contributed by atoms with Crippen molar-refractivity contribution in [3.8, 4) is 0 Å². The molecule has 0 spiro atoms. The second-order valence-electron chi connectivity index (χ2n) is 6.33. The summed E-state index contributed by atoms with van der Waals surface area (Å²) in [5.74, 6) is -1.35. The molecule has 0 saturated heterocycles. The lowest BCUT2D eigenvalue weighted by Crippen LogP contribution is -2.37. The van der Waals surface area contributed by atoms with Crippen molar-refractivity contribution in [3.63, 3.8) is 0 Å². The summed E-state index contributed by atoms with van der Waals surface area (Å²) in [4.78, 5) is 24.2. The number of carbonyl (C=O) groups is 2. The summed E-state index contributed by atoms with van der Waals surface area (Å²) in [5.41, 5.74) is -0.139. The van der Waals surface area contributed by atoms with E-state index in [1.807, 2.05) is 0 Å². The molecule has 2 aromatic carbocycles. The van der Waals surface area contributed by atoms with Crippen molar-refractivity contribution in [1.82, 2.24) is 0 Å². The molecule has 0 fully saturated rings. The highest BCUT2D eigenvalue weighted by Gasteiger charge is 2.31. The van der Waals surface area contributed by atoms with Gasteiger partial charge in [-0.2, -0.15) is 13.2 Å². The maximum absolute atomic E-state index is 12.7. The zero-order valence-corrected chi connectivity index (χ0v) is 17.1. The van der Waals surface area contributed by atoms with E-state index < -0.39 is 40.2 Å². The number of rotatable bonds is 6. The molecule has 11 heteroatoms. The molecular weight excluding hydrogens is 425 g/mol. The van der Waals surface area contributed by atoms with Gasteiger partial charge in [-0.05, 0) is 48.9 Å². The van der Waals surface area contributed by atoms with Crippen LogP contribution in [0.25, 0.3) is 0 Å². The summed E-state index contributed by atoms with van der Waals surface area (Å²) in [7, 11) is -2.76. The average Bonchev–Trinajstić information content (AvgIpc) is 2.65. The Labute approximate surface area is 171 Å². The van der Waals surface area contributed by atoms with Gasteiger partial charge in [0.15, 0.2) is 0 Å². The van der Waals surface area contributed by atoms with Crippen LogP contribution in [0.15, 0.2) is 42.5 Å². The Bertz CT molecular complexity index is 1050. The van der Waals surface area contributed by atoms with Crippen molar-refractivity contribution in [1.29, 1.82) is 0 Å². The molecular formula is C19H19F3N2O5S. The van der Waals surface area contributed by atoms with Crippen LogP contribution in [0.1, 0.15) is 21.5 Å². The number of sulfonamides is 1. The lowest BCUT2D eigenvalue weighted by atomic mass is 10.1. The van der Waals surface area contributed by atoms with Crippen LogP contribution in [-0.4, -0.2) is 40.2 Å². The SMILES string of the molecule is COC(=O)c1cccc(NC(=O)CN(c2ccc(C(F)(F)F)cc2)S(C)(=O)=O)c1C. The number of ether oxygens (including phenoxy) is 1. The number of benzene rings is 2. The van der Waals surface area contributed by atoms with Crippen molar-refractivity contribution in [2.45, 2.75) is 13.1 Å². The second-order valence-corrected chi connectivity index (χ2v) is 8.24. The zero-order valence-electron chi connectivity index (χ0n) is 16.3. The van der Waals surface area contributed by atoms with Crippen LogP contribution < -0.4 is 9.62 Å². The topological polar surface area (TPSA) is 92.8 Å². The Kier molecular flexibility index (Phi) is 6.76. The molecule has 0 aliphatic heterocycles. The quantitative estimate of drug-likeness (QED) is 0.691. The second kappa shape index (κ2) is 8.74.